The second-order valence-electron chi connectivity index (χ2n) is 4.66. The third-order valence-corrected chi connectivity index (χ3v) is 4.60. The van der Waals surface area contributed by atoms with E-state index in [9.17, 15) is 4.79 Å². The predicted octanol–water partition coefficient (Wildman–Crippen LogP) is 3.83. The van der Waals surface area contributed by atoms with Crippen LogP contribution in [0.5, 0.6) is 5.75 Å². The molecule has 0 bridgehead atoms. The monoisotopic (exact) mass is 286 g/mol. The highest BCUT2D eigenvalue weighted by molar-refractivity contribution is 8.00. The summed E-state index contributed by atoms with van der Waals surface area (Å²) in [5.41, 5.74) is 1.56. The summed E-state index contributed by atoms with van der Waals surface area (Å²) in [4.78, 5) is 12.4. The van der Waals surface area contributed by atoms with Gasteiger partial charge in [0.15, 0.2) is 4.93 Å². The van der Waals surface area contributed by atoms with E-state index >= 15 is 0 Å². The summed E-state index contributed by atoms with van der Waals surface area (Å²) >= 11 is 1.55. The van der Waals surface area contributed by atoms with E-state index in [0.29, 0.717) is 5.56 Å². The van der Waals surface area contributed by atoms with Crippen molar-refractivity contribution in [3.63, 3.8) is 0 Å². The average Bonchev–Trinajstić information content (AvgIpc) is 2.47. The minimum absolute atomic E-state index is 0.280. The molecule has 2 aromatic carbocycles. The number of ether oxygens (including phenoxy) is 2. The lowest BCUT2D eigenvalue weighted by Gasteiger charge is -2.33. The molecule has 0 saturated heterocycles. The molecule has 0 aromatic heterocycles. The molecule has 20 heavy (non-hydrogen) atoms. The van der Waals surface area contributed by atoms with Crippen LogP contribution in [0.3, 0.4) is 0 Å². The number of hydrogen-bond donors (Lipinski definition) is 0. The quantitative estimate of drug-likeness (QED) is 0.786. The summed E-state index contributed by atoms with van der Waals surface area (Å²) in [7, 11) is 1.63. The van der Waals surface area contributed by atoms with E-state index in [1.54, 1.807) is 24.9 Å². The lowest BCUT2D eigenvalue weighted by Crippen LogP contribution is -2.29. The fourth-order valence-electron chi connectivity index (χ4n) is 2.20. The maximum absolute atomic E-state index is 12.1. The Labute approximate surface area is 121 Å². The summed E-state index contributed by atoms with van der Waals surface area (Å²) in [5, 5.41) is 0. The molecule has 0 amide bonds. The summed E-state index contributed by atoms with van der Waals surface area (Å²) in [6.07, 6.45) is 0. The molecular weight excluding hydrogens is 272 g/mol. The van der Waals surface area contributed by atoms with E-state index in [4.69, 9.17) is 9.47 Å². The molecule has 0 saturated carbocycles. The van der Waals surface area contributed by atoms with Gasteiger partial charge in [-0.05, 0) is 31.2 Å². The highest BCUT2D eigenvalue weighted by atomic mass is 32.2. The van der Waals surface area contributed by atoms with Crippen LogP contribution >= 0.6 is 11.8 Å². The summed E-state index contributed by atoms with van der Waals surface area (Å²) in [5.74, 6) is 0.502. The van der Waals surface area contributed by atoms with E-state index in [1.807, 2.05) is 49.4 Å². The largest absolute Gasteiger partial charge is 0.497 e. The Morgan fingerprint density at radius 3 is 2.50 bits per heavy atom. The van der Waals surface area contributed by atoms with Crippen LogP contribution in [0.2, 0.25) is 0 Å². The van der Waals surface area contributed by atoms with Crippen molar-refractivity contribution in [1.82, 2.24) is 0 Å². The molecule has 3 nitrogen and oxygen atoms in total. The van der Waals surface area contributed by atoms with Crippen LogP contribution in [0, 0.1) is 0 Å². The van der Waals surface area contributed by atoms with Crippen molar-refractivity contribution in [3.8, 4) is 5.75 Å². The summed E-state index contributed by atoms with van der Waals surface area (Å²) in [6.45, 7) is 1.91. The Morgan fingerprint density at radius 2 is 1.80 bits per heavy atom. The molecule has 1 aliphatic heterocycles. The Kier molecular flexibility index (Phi) is 3.18. The number of benzene rings is 2. The first-order valence-electron chi connectivity index (χ1n) is 6.28. The molecule has 0 fully saturated rings. The van der Waals surface area contributed by atoms with Gasteiger partial charge in [0, 0.05) is 10.5 Å². The van der Waals surface area contributed by atoms with Gasteiger partial charge in [0.05, 0.1) is 12.7 Å². The fraction of sp³-hybridized carbons (Fsp3) is 0.188. The molecule has 0 radical (unpaired) electrons. The van der Waals surface area contributed by atoms with E-state index in [2.05, 4.69) is 0 Å². The van der Waals surface area contributed by atoms with Gasteiger partial charge in [-0.15, -0.1) is 0 Å². The number of carbonyl (C=O) groups is 1. The second-order valence-corrected chi connectivity index (χ2v) is 6.08. The van der Waals surface area contributed by atoms with Crippen LogP contribution < -0.4 is 4.74 Å². The van der Waals surface area contributed by atoms with Crippen molar-refractivity contribution in [2.45, 2.75) is 16.8 Å². The SMILES string of the molecule is COc1ccc(C2(C)OC(=O)c3ccccc3S2)cc1. The van der Waals surface area contributed by atoms with Gasteiger partial charge in [0.25, 0.3) is 0 Å². The average molecular weight is 286 g/mol. The van der Waals surface area contributed by atoms with Gasteiger partial charge in [0.2, 0.25) is 0 Å². The van der Waals surface area contributed by atoms with Gasteiger partial charge in [-0.3, -0.25) is 0 Å². The first-order valence-corrected chi connectivity index (χ1v) is 7.10. The van der Waals surface area contributed by atoms with E-state index in [-0.39, 0.29) is 5.97 Å². The lowest BCUT2D eigenvalue weighted by atomic mass is 10.1. The number of carbonyl (C=O) groups excluding carboxylic acids is 1. The molecule has 0 N–H and O–H groups in total. The molecule has 0 aliphatic carbocycles. The Hall–Kier alpha value is -1.94. The second kappa shape index (κ2) is 4.87. The molecule has 1 heterocycles. The van der Waals surface area contributed by atoms with Crippen LogP contribution in [0.15, 0.2) is 53.4 Å². The van der Waals surface area contributed by atoms with Crippen molar-refractivity contribution in [1.29, 1.82) is 0 Å². The molecule has 3 rings (SSSR count). The molecule has 102 valence electrons. The number of esters is 1. The topological polar surface area (TPSA) is 35.5 Å². The maximum Gasteiger partial charge on any atom is 0.340 e. The molecule has 1 unspecified atom stereocenters. The number of rotatable bonds is 2. The molecule has 2 aromatic rings. The first kappa shape index (κ1) is 13.1. The van der Waals surface area contributed by atoms with Crippen LogP contribution in [-0.4, -0.2) is 13.1 Å². The summed E-state index contributed by atoms with van der Waals surface area (Å²) in [6, 6.07) is 15.1. The molecular formula is C16H14O3S. The highest BCUT2D eigenvalue weighted by Gasteiger charge is 2.38. The Bertz CT molecular complexity index is 651. The Balaban J connectivity index is 1.99. The highest BCUT2D eigenvalue weighted by Crippen LogP contribution is 2.47. The van der Waals surface area contributed by atoms with E-state index in [0.717, 1.165) is 16.2 Å². The van der Waals surface area contributed by atoms with Crippen LogP contribution in [-0.2, 0) is 9.67 Å². The number of methoxy groups -OCH3 is 1. The normalized spacial score (nSPS) is 21.0. The number of hydrogen-bond acceptors (Lipinski definition) is 4. The van der Waals surface area contributed by atoms with Crippen LogP contribution in [0.25, 0.3) is 0 Å². The standard InChI is InChI=1S/C16H14O3S/c1-16(11-7-9-12(18-2)10-8-11)19-15(17)13-5-3-4-6-14(13)20-16/h3-10H,1-2H3. The molecule has 1 atom stereocenters. The van der Waals surface area contributed by atoms with Gasteiger partial charge in [-0.25, -0.2) is 4.79 Å². The summed E-state index contributed by atoms with van der Waals surface area (Å²) < 4.78 is 10.8. The molecule has 0 spiro atoms. The smallest absolute Gasteiger partial charge is 0.340 e. The van der Waals surface area contributed by atoms with Crippen LogP contribution in [0.1, 0.15) is 22.8 Å². The van der Waals surface area contributed by atoms with Crippen molar-refractivity contribution in [3.05, 3.63) is 59.7 Å². The van der Waals surface area contributed by atoms with Crippen LogP contribution in [0.4, 0.5) is 0 Å². The van der Waals surface area contributed by atoms with Crippen molar-refractivity contribution in [2.24, 2.45) is 0 Å². The minimum Gasteiger partial charge on any atom is -0.497 e. The first-order chi connectivity index (χ1) is 9.62. The number of thioether (sulfide) groups is 1. The van der Waals surface area contributed by atoms with Gasteiger partial charge in [-0.2, -0.15) is 0 Å². The van der Waals surface area contributed by atoms with Crippen molar-refractivity contribution in [2.75, 3.05) is 7.11 Å². The zero-order chi connectivity index (χ0) is 14.2. The lowest BCUT2D eigenvalue weighted by molar-refractivity contribution is 0.0216. The van der Waals surface area contributed by atoms with Crippen molar-refractivity contribution >= 4 is 17.7 Å². The van der Waals surface area contributed by atoms with Gasteiger partial charge < -0.3 is 9.47 Å². The third kappa shape index (κ3) is 2.16. The third-order valence-electron chi connectivity index (χ3n) is 3.31. The van der Waals surface area contributed by atoms with Gasteiger partial charge in [-0.1, -0.05) is 36.0 Å². The van der Waals surface area contributed by atoms with E-state index < -0.39 is 4.93 Å². The van der Waals surface area contributed by atoms with Gasteiger partial charge >= 0.3 is 5.97 Å². The Morgan fingerprint density at radius 1 is 1.10 bits per heavy atom. The minimum atomic E-state index is -0.711. The fourth-order valence-corrected chi connectivity index (χ4v) is 3.40. The van der Waals surface area contributed by atoms with Crippen molar-refractivity contribution < 1.29 is 14.3 Å². The maximum atomic E-state index is 12.1. The number of fused-ring (bicyclic) bond motifs is 1. The molecule has 1 aliphatic rings. The van der Waals surface area contributed by atoms with Gasteiger partial charge in [0.1, 0.15) is 5.75 Å². The number of cyclic esters (lactones) is 1. The molecule has 4 heteroatoms. The zero-order valence-electron chi connectivity index (χ0n) is 11.3. The van der Waals surface area contributed by atoms with E-state index in [1.165, 1.54) is 0 Å². The predicted molar refractivity (Wildman–Crippen MR) is 78.1 cm³/mol. The zero-order valence-corrected chi connectivity index (χ0v) is 12.1.